The molecule has 1 saturated heterocycles. The zero-order chi connectivity index (χ0) is 10.8. The van der Waals surface area contributed by atoms with E-state index in [9.17, 15) is 8.94 Å². The lowest BCUT2D eigenvalue weighted by molar-refractivity contribution is 0.343. The van der Waals surface area contributed by atoms with Crippen LogP contribution in [-0.2, 0) is 11.4 Å². The molecular formula is C10H11ClFNOS. The minimum Gasteiger partial charge on any atom is -0.593 e. The summed E-state index contributed by atoms with van der Waals surface area (Å²) in [5.41, 5.74) is 0. The number of benzene rings is 1. The first-order chi connectivity index (χ1) is 7.16. The Morgan fingerprint density at radius 1 is 1.40 bits per heavy atom. The summed E-state index contributed by atoms with van der Waals surface area (Å²) in [6, 6.07) is 6.81. The van der Waals surface area contributed by atoms with Gasteiger partial charge in [0.25, 0.3) is 0 Å². The van der Waals surface area contributed by atoms with Gasteiger partial charge in [0.15, 0.2) is 4.90 Å². The maximum absolute atomic E-state index is 12.9. The Morgan fingerprint density at radius 2 is 2.07 bits per heavy atom. The van der Waals surface area contributed by atoms with Gasteiger partial charge in [-0.1, -0.05) is 11.6 Å². The van der Waals surface area contributed by atoms with Crippen molar-refractivity contribution < 1.29 is 8.94 Å². The van der Waals surface area contributed by atoms with Crippen molar-refractivity contribution in [3.63, 3.8) is 0 Å². The van der Waals surface area contributed by atoms with Crippen molar-refractivity contribution in [1.82, 2.24) is 4.31 Å². The normalized spacial score (nSPS) is 24.3. The van der Waals surface area contributed by atoms with Crippen LogP contribution in [0, 0.1) is 0 Å². The van der Waals surface area contributed by atoms with Crippen molar-refractivity contribution in [3.8, 4) is 0 Å². The van der Waals surface area contributed by atoms with E-state index in [0.717, 1.165) is 0 Å². The summed E-state index contributed by atoms with van der Waals surface area (Å²) in [6.45, 7) is 0.811. The molecule has 1 heterocycles. The van der Waals surface area contributed by atoms with Crippen molar-refractivity contribution >= 4 is 23.0 Å². The van der Waals surface area contributed by atoms with Gasteiger partial charge in [0.2, 0.25) is 0 Å². The molecule has 1 aromatic carbocycles. The van der Waals surface area contributed by atoms with Crippen molar-refractivity contribution in [2.75, 3.05) is 13.1 Å². The van der Waals surface area contributed by atoms with E-state index < -0.39 is 17.5 Å². The smallest absolute Gasteiger partial charge is 0.174 e. The molecule has 0 spiro atoms. The molecule has 5 heteroatoms. The van der Waals surface area contributed by atoms with E-state index in [4.69, 9.17) is 11.6 Å². The molecular weight excluding hydrogens is 237 g/mol. The predicted octanol–water partition coefficient (Wildman–Crippen LogP) is 2.41. The third-order valence-electron chi connectivity index (χ3n) is 2.34. The highest BCUT2D eigenvalue weighted by Crippen LogP contribution is 2.23. The summed E-state index contributed by atoms with van der Waals surface area (Å²) in [5.74, 6) is 0. The summed E-state index contributed by atoms with van der Waals surface area (Å²) >= 11 is 4.47. The Balaban J connectivity index is 2.07. The van der Waals surface area contributed by atoms with Crippen LogP contribution >= 0.6 is 11.6 Å². The van der Waals surface area contributed by atoms with Crippen molar-refractivity contribution in [2.24, 2.45) is 0 Å². The summed E-state index contributed by atoms with van der Waals surface area (Å²) in [4.78, 5) is 0.675. The maximum atomic E-state index is 12.9. The molecule has 15 heavy (non-hydrogen) atoms. The van der Waals surface area contributed by atoms with Gasteiger partial charge in [0, 0.05) is 11.6 Å². The van der Waals surface area contributed by atoms with Crippen LogP contribution in [0.25, 0.3) is 0 Å². The Kier molecular flexibility index (Phi) is 3.51. The van der Waals surface area contributed by atoms with Gasteiger partial charge in [-0.3, -0.25) is 0 Å². The lowest BCUT2D eigenvalue weighted by Gasteiger charge is -2.18. The van der Waals surface area contributed by atoms with Crippen LogP contribution in [0.3, 0.4) is 0 Å². The molecule has 0 amide bonds. The van der Waals surface area contributed by atoms with Gasteiger partial charge in [-0.05, 0) is 30.7 Å². The second kappa shape index (κ2) is 4.70. The van der Waals surface area contributed by atoms with Gasteiger partial charge in [-0.2, -0.15) is 0 Å². The van der Waals surface area contributed by atoms with Gasteiger partial charge in [-0.25, -0.2) is 4.39 Å². The highest BCUT2D eigenvalue weighted by Gasteiger charge is 2.31. The van der Waals surface area contributed by atoms with E-state index in [0.29, 0.717) is 22.9 Å². The van der Waals surface area contributed by atoms with E-state index in [1.165, 1.54) is 0 Å². The molecule has 0 saturated carbocycles. The molecule has 1 aromatic rings. The number of rotatable bonds is 2. The molecule has 2 atom stereocenters. The molecule has 82 valence electrons. The molecule has 0 bridgehead atoms. The Labute approximate surface area is 96.3 Å². The van der Waals surface area contributed by atoms with Gasteiger partial charge < -0.3 is 4.55 Å². The lowest BCUT2D eigenvalue weighted by Crippen LogP contribution is -2.29. The second-order valence-electron chi connectivity index (χ2n) is 3.48. The second-order valence-corrected chi connectivity index (χ2v) is 5.40. The minimum absolute atomic E-state index is 0.259. The summed E-state index contributed by atoms with van der Waals surface area (Å²) in [7, 11) is 0. The van der Waals surface area contributed by atoms with Crippen molar-refractivity contribution in [2.45, 2.75) is 17.5 Å². The van der Waals surface area contributed by atoms with Crippen molar-refractivity contribution in [1.29, 1.82) is 0 Å². The Morgan fingerprint density at radius 3 is 2.60 bits per heavy atom. The molecule has 2 nitrogen and oxygen atoms in total. The van der Waals surface area contributed by atoms with Crippen molar-refractivity contribution in [3.05, 3.63) is 29.3 Å². The van der Waals surface area contributed by atoms with E-state index in [1.54, 1.807) is 28.6 Å². The largest absolute Gasteiger partial charge is 0.593 e. The average Bonchev–Trinajstić information content (AvgIpc) is 2.65. The zero-order valence-corrected chi connectivity index (χ0v) is 9.60. The molecule has 0 radical (unpaired) electrons. The summed E-state index contributed by atoms with van der Waals surface area (Å²) in [5, 5.41) is 0.612. The molecule has 1 aliphatic heterocycles. The fourth-order valence-corrected chi connectivity index (χ4v) is 2.90. The number of nitrogens with zero attached hydrogens (tertiary/aromatic N) is 1. The van der Waals surface area contributed by atoms with Crippen LogP contribution in [0.15, 0.2) is 29.2 Å². The van der Waals surface area contributed by atoms with E-state index >= 15 is 0 Å². The Hall–Kier alpha value is -0.290. The zero-order valence-electron chi connectivity index (χ0n) is 8.03. The number of hydrogen-bond acceptors (Lipinski definition) is 2. The fourth-order valence-electron chi connectivity index (χ4n) is 1.54. The molecule has 0 N–H and O–H groups in total. The molecule has 2 rings (SSSR count). The van der Waals surface area contributed by atoms with Gasteiger partial charge in [-0.15, -0.1) is 4.31 Å². The topological polar surface area (TPSA) is 26.3 Å². The van der Waals surface area contributed by atoms with Crippen LogP contribution in [-0.4, -0.2) is 28.1 Å². The molecule has 0 aromatic heterocycles. The monoisotopic (exact) mass is 247 g/mol. The molecule has 2 unspecified atom stereocenters. The number of hydrogen-bond donors (Lipinski definition) is 0. The predicted molar refractivity (Wildman–Crippen MR) is 58.9 cm³/mol. The summed E-state index contributed by atoms with van der Waals surface area (Å²) < 4.78 is 26.5. The number of halogens is 2. The highest BCUT2D eigenvalue weighted by molar-refractivity contribution is 7.89. The Bertz CT molecular complexity index is 335. The van der Waals surface area contributed by atoms with Crippen LogP contribution < -0.4 is 0 Å². The number of alkyl halides is 1. The average molecular weight is 248 g/mol. The first kappa shape index (κ1) is 11.2. The van der Waals surface area contributed by atoms with E-state index in [1.807, 2.05) is 0 Å². The first-order valence-electron chi connectivity index (χ1n) is 4.73. The van der Waals surface area contributed by atoms with Gasteiger partial charge in [0.1, 0.15) is 6.17 Å². The standard InChI is InChI=1S/C10H11ClFNOS/c11-8-1-3-10(4-2-8)15(14)13-6-5-9(12)7-13/h1-4,9H,5-7H2. The van der Waals surface area contributed by atoms with Gasteiger partial charge >= 0.3 is 0 Å². The maximum Gasteiger partial charge on any atom is 0.174 e. The lowest BCUT2D eigenvalue weighted by atomic mass is 10.4. The van der Waals surface area contributed by atoms with Gasteiger partial charge in [0.05, 0.1) is 17.9 Å². The highest BCUT2D eigenvalue weighted by atomic mass is 35.5. The molecule has 1 aliphatic rings. The van der Waals surface area contributed by atoms with Crippen LogP contribution in [0.4, 0.5) is 4.39 Å². The van der Waals surface area contributed by atoms with E-state index in [2.05, 4.69) is 0 Å². The minimum atomic E-state index is -1.25. The quantitative estimate of drug-likeness (QED) is 0.751. The SMILES string of the molecule is [O-][S+](c1ccc(Cl)cc1)N1CCC(F)C1. The van der Waals surface area contributed by atoms with Crippen LogP contribution in [0.2, 0.25) is 5.02 Å². The molecule has 0 aliphatic carbocycles. The van der Waals surface area contributed by atoms with Crippen LogP contribution in [0.5, 0.6) is 0 Å². The fraction of sp³-hybridized carbons (Fsp3) is 0.400. The van der Waals surface area contributed by atoms with Crippen LogP contribution in [0.1, 0.15) is 6.42 Å². The summed E-state index contributed by atoms with van der Waals surface area (Å²) in [6.07, 6.45) is -0.375. The molecule has 1 fully saturated rings. The first-order valence-corrected chi connectivity index (χ1v) is 6.22. The third-order valence-corrected chi connectivity index (χ3v) is 4.07. The van der Waals surface area contributed by atoms with E-state index in [-0.39, 0.29) is 6.54 Å². The third kappa shape index (κ3) is 2.64.